The monoisotopic (exact) mass is 367 g/mol. The standard InChI is InChI=1S/C22H25NO4/c1-25-18-13-16(14-19(26-2)21(18)27-3)9-10-20(24)23-15-22(11-12-22)17-7-5-4-6-8-17/h4-10,13-14H,11-12,15H2,1-3H3,(H,23,24)/b10-9+. The molecule has 1 amide bonds. The summed E-state index contributed by atoms with van der Waals surface area (Å²) in [6.07, 6.45) is 5.48. The molecule has 0 saturated heterocycles. The van der Waals surface area contributed by atoms with Crippen LogP contribution >= 0.6 is 0 Å². The van der Waals surface area contributed by atoms with Gasteiger partial charge in [0.15, 0.2) is 11.5 Å². The van der Waals surface area contributed by atoms with Gasteiger partial charge in [0.2, 0.25) is 11.7 Å². The normalized spacial score (nSPS) is 14.6. The molecule has 5 heteroatoms. The first kappa shape index (κ1) is 18.8. The Morgan fingerprint density at radius 1 is 1.04 bits per heavy atom. The molecule has 1 aliphatic carbocycles. The number of carbonyl (C=O) groups is 1. The lowest BCUT2D eigenvalue weighted by atomic mass is 9.96. The summed E-state index contributed by atoms with van der Waals surface area (Å²) < 4.78 is 16.0. The molecule has 1 aliphatic rings. The minimum atomic E-state index is -0.119. The van der Waals surface area contributed by atoms with Crippen molar-refractivity contribution in [3.63, 3.8) is 0 Å². The van der Waals surface area contributed by atoms with Gasteiger partial charge in [0, 0.05) is 18.0 Å². The quantitative estimate of drug-likeness (QED) is 0.725. The highest BCUT2D eigenvalue weighted by atomic mass is 16.5. The summed E-state index contributed by atoms with van der Waals surface area (Å²) in [7, 11) is 4.69. The molecule has 0 bridgehead atoms. The molecule has 0 unspecified atom stereocenters. The van der Waals surface area contributed by atoms with Crippen LogP contribution in [0.3, 0.4) is 0 Å². The van der Waals surface area contributed by atoms with Crippen LogP contribution in [-0.2, 0) is 10.2 Å². The zero-order valence-corrected chi connectivity index (χ0v) is 16.0. The molecule has 2 aromatic rings. The Kier molecular flexibility index (Phi) is 5.69. The van der Waals surface area contributed by atoms with Gasteiger partial charge in [-0.25, -0.2) is 0 Å². The number of rotatable bonds is 8. The van der Waals surface area contributed by atoms with E-state index in [1.165, 1.54) is 11.6 Å². The molecule has 1 fully saturated rings. The molecule has 0 atom stereocenters. The fourth-order valence-corrected chi connectivity index (χ4v) is 3.19. The van der Waals surface area contributed by atoms with E-state index in [1.807, 2.05) is 18.2 Å². The van der Waals surface area contributed by atoms with E-state index >= 15 is 0 Å². The molecule has 3 rings (SSSR count). The van der Waals surface area contributed by atoms with Crippen LogP contribution in [0.4, 0.5) is 0 Å². The smallest absolute Gasteiger partial charge is 0.244 e. The predicted molar refractivity (Wildman–Crippen MR) is 105 cm³/mol. The first-order chi connectivity index (χ1) is 13.1. The number of nitrogens with one attached hydrogen (secondary N) is 1. The van der Waals surface area contributed by atoms with E-state index in [2.05, 4.69) is 17.4 Å². The molecule has 0 spiro atoms. The second-order valence-electron chi connectivity index (χ2n) is 6.66. The van der Waals surface area contributed by atoms with Gasteiger partial charge >= 0.3 is 0 Å². The summed E-state index contributed by atoms with van der Waals surface area (Å²) in [6, 6.07) is 14.0. The second-order valence-corrected chi connectivity index (χ2v) is 6.66. The van der Waals surface area contributed by atoms with Gasteiger partial charge in [0.1, 0.15) is 0 Å². The molecule has 0 radical (unpaired) electrons. The first-order valence-corrected chi connectivity index (χ1v) is 8.93. The fraction of sp³-hybridized carbons (Fsp3) is 0.318. The first-order valence-electron chi connectivity index (χ1n) is 8.93. The van der Waals surface area contributed by atoms with Crippen molar-refractivity contribution >= 4 is 12.0 Å². The molecule has 1 N–H and O–H groups in total. The summed E-state index contributed by atoms with van der Waals surface area (Å²) in [5.41, 5.74) is 2.18. The van der Waals surface area contributed by atoms with Crippen LogP contribution in [0.2, 0.25) is 0 Å². The Balaban J connectivity index is 1.65. The van der Waals surface area contributed by atoms with Gasteiger partial charge in [-0.1, -0.05) is 30.3 Å². The lowest BCUT2D eigenvalue weighted by Gasteiger charge is -2.15. The summed E-state index contributed by atoms with van der Waals surface area (Å²) in [4.78, 5) is 12.3. The second kappa shape index (κ2) is 8.16. The molecule has 1 saturated carbocycles. The van der Waals surface area contributed by atoms with E-state index in [0.717, 1.165) is 18.4 Å². The van der Waals surface area contributed by atoms with Gasteiger partial charge in [-0.3, -0.25) is 4.79 Å². The number of benzene rings is 2. The lowest BCUT2D eigenvalue weighted by molar-refractivity contribution is -0.116. The maximum atomic E-state index is 12.3. The number of carbonyl (C=O) groups excluding carboxylic acids is 1. The number of ether oxygens (including phenoxy) is 3. The van der Waals surface area contributed by atoms with Crippen LogP contribution in [-0.4, -0.2) is 33.8 Å². The Bertz CT molecular complexity index is 800. The van der Waals surface area contributed by atoms with Crippen molar-refractivity contribution in [3.05, 3.63) is 59.7 Å². The van der Waals surface area contributed by atoms with Gasteiger partial charge < -0.3 is 19.5 Å². The summed E-state index contributed by atoms with van der Waals surface area (Å²) in [5.74, 6) is 1.52. The van der Waals surface area contributed by atoms with E-state index in [9.17, 15) is 4.79 Å². The Hall–Kier alpha value is -2.95. The van der Waals surface area contributed by atoms with Crippen molar-refractivity contribution in [2.24, 2.45) is 0 Å². The number of hydrogen-bond donors (Lipinski definition) is 1. The van der Waals surface area contributed by atoms with Crippen molar-refractivity contribution in [2.45, 2.75) is 18.3 Å². The van der Waals surface area contributed by atoms with Gasteiger partial charge in [0.25, 0.3) is 0 Å². The Morgan fingerprint density at radius 2 is 1.67 bits per heavy atom. The summed E-state index contributed by atoms with van der Waals surface area (Å²) in [5, 5.41) is 3.02. The third kappa shape index (κ3) is 4.25. The Labute approximate surface area is 159 Å². The van der Waals surface area contributed by atoms with E-state index < -0.39 is 0 Å². The molecule has 142 valence electrons. The third-order valence-electron chi connectivity index (χ3n) is 4.95. The highest BCUT2D eigenvalue weighted by molar-refractivity contribution is 5.92. The molecule has 2 aromatic carbocycles. The van der Waals surface area contributed by atoms with Crippen LogP contribution in [0.1, 0.15) is 24.0 Å². The van der Waals surface area contributed by atoms with Crippen molar-refractivity contribution in [2.75, 3.05) is 27.9 Å². The Morgan fingerprint density at radius 3 is 2.19 bits per heavy atom. The van der Waals surface area contributed by atoms with Crippen molar-refractivity contribution < 1.29 is 19.0 Å². The molecule has 0 heterocycles. The number of methoxy groups -OCH3 is 3. The predicted octanol–water partition coefficient (Wildman–Crippen LogP) is 3.57. The minimum absolute atomic E-state index is 0.0946. The average Bonchev–Trinajstić information content (AvgIpc) is 3.51. The van der Waals surface area contributed by atoms with E-state index in [0.29, 0.717) is 23.8 Å². The van der Waals surface area contributed by atoms with Crippen LogP contribution < -0.4 is 19.5 Å². The van der Waals surface area contributed by atoms with Crippen LogP contribution in [0.15, 0.2) is 48.5 Å². The molecule has 0 aromatic heterocycles. The summed E-state index contributed by atoms with van der Waals surface area (Å²) >= 11 is 0. The van der Waals surface area contributed by atoms with Gasteiger partial charge in [-0.05, 0) is 42.2 Å². The fourth-order valence-electron chi connectivity index (χ4n) is 3.19. The summed E-state index contributed by atoms with van der Waals surface area (Å²) in [6.45, 7) is 0.648. The molecule has 5 nitrogen and oxygen atoms in total. The largest absolute Gasteiger partial charge is 0.493 e. The molecular weight excluding hydrogens is 342 g/mol. The average molecular weight is 367 g/mol. The van der Waals surface area contributed by atoms with E-state index in [1.54, 1.807) is 39.5 Å². The highest BCUT2D eigenvalue weighted by Crippen LogP contribution is 2.47. The number of hydrogen-bond acceptors (Lipinski definition) is 4. The third-order valence-corrected chi connectivity index (χ3v) is 4.95. The lowest BCUT2D eigenvalue weighted by Crippen LogP contribution is -2.30. The SMILES string of the molecule is COc1cc(/C=C/C(=O)NCC2(c3ccccc3)CC2)cc(OC)c1OC. The van der Waals surface area contributed by atoms with Crippen molar-refractivity contribution in [3.8, 4) is 17.2 Å². The van der Waals surface area contributed by atoms with Crippen LogP contribution in [0.25, 0.3) is 6.08 Å². The molecule has 27 heavy (non-hydrogen) atoms. The van der Waals surface area contributed by atoms with E-state index in [-0.39, 0.29) is 11.3 Å². The molecular formula is C22H25NO4. The zero-order chi connectivity index (χ0) is 19.3. The topological polar surface area (TPSA) is 56.8 Å². The molecule has 0 aliphatic heterocycles. The number of amides is 1. The van der Waals surface area contributed by atoms with Crippen LogP contribution in [0, 0.1) is 0 Å². The highest BCUT2D eigenvalue weighted by Gasteiger charge is 2.44. The minimum Gasteiger partial charge on any atom is -0.493 e. The maximum absolute atomic E-state index is 12.3. The maximum Gasteiger partial charge on any atom is 0.244 e. The van der Waals surface area contributed by atoms with Crippen LogP contribution in [0.5, 0.6) is 17.2 Å². The van der Waals surface area contributed by atoms with Gasteiger partial charge in [0.05, 0.1) is 21.3 Å². The van der Waals surface area contributed by atoms with Crippen molar-refractivity contribution in [1.29, 1.82) is 0 Å². The van der Waals surface area contributed by atoms with Crippen molar-refractivity contribution in [1.82, 2.24) is 5.32 Å². The van der Waals surface area contributed by atoms with Gasteiger partial charge in [-0.2, -0.15) is 0 Å². The van der Waals surface area contributed by atoms with E-state index in [4.69, 9.17) is 14.2 Å². The van der Waals surface area contributed by atoms with Gasteiger partial charge in [-0.15, -0.1) is 0 Å². The zero-order valence-electron chi connectivity index (χ0n) is 16.0.